The highest BCUT2D eigenvalue weighted by molar-refractivity contribution is 9.10. The third kappa shape index (κ3) is 4.75. The van der Waals surface area contributed by atoms with E-state index >= 15 is 0 Å². The lowest BCUT2D eigenvalue weighted by Gasteiger charge is -2.17. The fourth-order valence-corrected chi connectivity index (χ4v) is 1.52. The number of amides is 1. The topological polar surface area (TPSA) is 42.0 Å². The van der Waals surface area contributed by atoms with Crippen LogP contribution in [0.15, 0.2) is 22.8 Å². The van der Waals surface area contributed by atoms with Crippen LogP contribution in [0.2, 0.25) is 0 Å². The van der Waals surface area contributed by atoms with Crippen LogP contribution in [0, 0.1) is 5.41 Å². The van der Waals surface area contributed by atoms with Crippen molar-refractivity contribution in [2.24, 2.45) is 5.41 Å². The Balaban J connectivity index is 2.47. The summed E-state index contributed by atoms with van der Waals surface area (Å²) in [4.78, 5) is 15.8. The first kappa shape index (κ1) is 13.2. The number of hydrogen-bond donors (Lipinski definition) is 1. The molecule has 0 aliphatic rings. The molecular formula is C12H17BrN2O. The largest absolute Gasteiger partial charge is 0.351 e. The van der Waals surface area contributed by atoms with Gasteiger partial charge in [-0.15, -0.1) is 0 Å². The molecule has 0 spiro atoms. The van der Waals surface area contributed by atoms with Gasteiger partial charge in [-0.25, -0.2) is 4.98 Å². The summed E-state index contributed by atoms with van der Waals surface area (Å²) in [5.74, 6) is -0.120. The average molecular weight is 285 g/mol. The Morgan fingerprint density at radius 2 is 2.12 bits per heavy atom. The van der Waals surface area contributed by atoms with Crippen molar-refractivity contribution >= 4 is 21.8 Å². The molecule has 16 heavy (non-hydrogen) atoms. The second-order valence-corrected chi connectivity index (χ2v) is 5.72. The van der Waals surface area contributed by atoms with E-state index in [0.717, 1.165) is 6.42 Å². The summed E-state index contributed by atoms with van der Waals surface area (Å²) in [6, 6.07) is 5.30. The van der Waals surface area contributed by atoms with Crippen LogP contribution in [0.1, 0.15) is 37.7 Å². The van der Waals surface area contributed by atoms with Gasteiger partial charge in [0.15, 0.2) is 0 Å². The van der Waals surface area contributed by atoms with Crippen LogP contribution in [0.5, 0.6) is 0 Å². The normalized spacial score (nSPS) is 11.2. The molecule has 0 radical (unpaired) electrons. The Morgan fingerprint density at radius 3 is 2.69 bits per heavy atom. The van der Waals surface area contributed by atoms with E-state index in [4.69, 9.17) is 0 Å². The first-order valence-electron chi connectivity index (χ1n) is 5.29. The third-order valence-corrected chi connectivity index (χ3v) is 2.55. The fraction of sp³-hybridized carbons (Fsp3) is 0.500. The molecule has 0 saturated carbocycles. The van der Waals surface area contributed by atoms with Crippen LogP contribution in [-0.2, 0) is 0 Å². The maximum absolute atomic E-state index is 11.7. The van der Waals surface area contributed by atoms with Crippen LogP contribution in [0.4, 0.5) is 0 Å². The number of hydrogen-bond acceptors (Lipinski definition) is 2. The molecule has 1 N–H and O–H groups in total. The van der Waals surface area contributed by atoms with E-state index in [9.17, 15) is 4.79 Å². The zero-order valence-corrected chi connectivity index (χ0v) is 11.5. The van der Waals surface area contributed by atoms with Crippen molar-refractivity contribution in [1.29, 1.82) is 0 Å². The molecule has 0 atom stereocenters. The standard InChI is InChI=1S/C12H17BrN2O/c1-12(2,3)7-8-14-11(16)9-5-4-6-10(13)15-9/h4-6H,7-8H2,1-3H3,(H,14,16). The maximum Gasteiger partial charge on any atom is 0.269 e. The summed E-state index contributed by atoms with van der Waals surface area (Å²) in [6.07, 6.45) is 0.951. The van der Waals surface area contributed by atoms with Crippen molar-refractivity contribution < 1.29 is 4.79 Å². The highest BCUT2D eigenvalue weighted by Crippen LogP contribution is 2.17. The minimum atomic E-state index is -0.120. The molecule has 0 fully saturated rings. The van der Waals surface area contributed by atoms with Crippen molar-refractivity contribution in [1.82, 2.24) is 10.3 Å². The number of carbonyl (C=O) groups is 1. The SMILES string of the molecule is CC(C)(C)CCNC(=O)c1cccc(Br)n1. The minimum Gasteiger partial charge on any atom is -0.351 e. The molecule has 0 aliphatic heterocycles. The highest BCUT2D eigenvalue weighted by Gasteiger charge is 2.11. The molecular weight excluding hydrogens is 268 g/mol. The maximum atomic E-state index is 11.7. The molecule has 4 heteroatoms. The van der Waals surface area contributed by atoms with Crippen LogP contribution in [-0.4, -0.2) is 17.4 Å². The van der Waals surface area contributed by atoms with Crippen molar-refractivity contribution in [2.45, 2.75) is 27.2 Å². The highest BCUT2D eigenvalue weighted by atomic mass is 79.9. The number of carbonyl (C=O) groups excluding carboxylic acids is 1. The summed E-state index contributed by atoms with van der Waals surface area (Å²) in [6.45, 7) is 7.13. The predicted octanol–water partition coefficient (Wildman–Crippen LogP) is 3.01. The summed E-state index contributed by atoms with van der Waals surface area (Å²) < 4.78 is 0.677. The molecule has 1 rings (SSSR count). The van der Waals surface area contributed by atoms with E-state index in [2.05, 4.69) is 47.0 Å². The first-order chi connectivity index (χ1) is 7.38. The van der Waals surface area contributed by atoms with Crippen LogP contribution < -0.4 is 5.32 Å². The van der Waals surface area contributed by atoms with Gasteiger partial charge in [-0.3, -0.25) is 4.79 Å². The Labute approximate surface area is 105 Å². The number of nitrogens with zero attached hydrogens (tertiary/aromatic N) is 1. The number of halogens is 1. The minimum absolute atomic E-state index is 0.120. The summed E-state index contributed by atoms with van der Waals surface area (Å²) in [7, 11) is 0. The predicted molar refractivity (Wildman–Crippen MR) is 68.3 cm³/mol. The molecule has 88 valence electrons. The zero-order chi connectivity index (χ0) is 12.2. The van der Waals surface area contributed by atoms with Crippen molar-refractivity contribution in [3.8, 4) is 0 Å². The molecule has 0 unspecified atom stereocenters. The molecule has 0 saturated heterocycles. The van der Waals surface area contributed by atoms with Gasteiger partial charge in [0.1, 0.15) is 10.3 Å². The molecule has 1 aromatic rings. The summed E-state index contributed by atoms with van der Waals surface area (Å²) in [5.41, 5.74) is 0.682. The Bertz CT molecular complexity index is 372. The Hall–Kier alpha value is -0.900. The van der Waals surface area contributed by atoms with Gasteiger partial charge in [0.25, 0.3) is 5.91 Å². The summed E-state index contributed by atoms with van der Waals surface area (Å²) in [5, 5.41) is 2.86. The van der Waals surface area contributed by atoms with Gasteiger partial charge >= 0.3 is 0 Å². The van der Waals surface area contributed by atoms with E-state index in [0.29, 0.717) is 16.8 Å². The lowest BCUT2D eigenvalue weighted by atomic mass is 9.92. The van der Waals surface area contributed by atoms with E-state index in [1.807, 2.05) is 0 Å². The molecule has 0 aromatic carbocycles. The van der Waals surface area contributed by atoms with E-state index < -0.39 is 0 Å². The van der Waals surface area contributed by atoms with Crippen molar-refractivity contribution in [3.63, 3.8) is 0 Å². The first-order valence-corrected chi connectivity index (χ1v) is 6.08. The smallest absolute Gasteiger partial charge is 0.269 e. The number of nitrogens with one attached hydrogen (secondary N) is 1. The average Bonchev–Trinajstić information content (AvgIpc) is 2.15. The lowest BCUT2D eigenvalue weighted by molar-refractivity contribution is 0.0944. The van der Waals surface area contributed by atoms with Gasteiger partial charge in [-0.1, -0.05) is 26.8 Å². The molecule has 0 aliphatic carbocycles. The van der Waals surface area contributed by atoms with Gasteiger partial charge < -0.3 is 5.32 Å². The van der Waals surface area contributed by atoms with Gasteiger partial charge in [0.2, 0.25) is 0 Å². The third-order valence-electron chi connectivity index (χ3n) is 2.11. The van der Waals surface area contributed by atoms with E-state index in [1.165, 1.54) is 0 Å². The number of aromatic nitrogens is 1. The summed E-state index contributed by atoms with van der Waals surface area (Å²) >= 11 is 3.24. The molecule has 3 nitrogen and oxygen atoms in total. The van der Waals surface area contributed by atoms with Gasteiger partial charge in [-0.05, 0) is 39.9 Å². The Morgan fingerprint density at radius 1 is 1.44 bits per heavy atom. The zero-order valence-electron chi connectivity index (χ0n) is 9.88. The molecule has 1 amide bonds. The Kier molecular flexibility index (Phi) is 4.47. The second kappa shape index (κ2) is 5.43. The van der Waals surface area contributed by atoms with Gasteiger partial charge in [-0.2, -0.15) is 0 Å². The van der Waals surface area contributed by atoms with Crippen LogP contribution in [0.25, 0.3) is 0 Å². The number of pyridine rings is 1. The molecule has 1 heterocycles. The monoisotopic (exact) mass is 284 g/mol. The van der Waals surface area contributed by atoms with Gasteiger partial charge in [0, 0.05) is 6.54 Å². The van der Waals surface area contributed by atoms with E-state index in [1.54, 1.807) is 18.2 Å². The van der Waals surface area contributed by atoms with Crippen LogP contribution >= 0.6 is 15.9 Å². The molecule has 1 aromatic heterocycles. The number of rotatable bonds is 3. The fourth-order valence-electron chi connectivity index (χ4n) is 1.18. The quantitative estimate of drug-likeness (QED) is 0.867. The lowest BCUT2D eigenvalue weighted by Crippen LogP contribution is -2.27. The van der Waals surface area contributed by atoms with Crippen LogP contribution in [0.3, 0.4) is 0 Å². The van der Waals surface area contributed by atoms with Gasteiger partial charge in [0.05, 0.1) is 0 Å². The van der Waals surface area contributed by atoms with E-state index in [-0.39, 0.29) is 11.3 Å². The van der Waals surface area contributed by atoms with Crippen molar-refractivity contribution in [3.05, 3.63) is 28.5 Å². The second-order valence-electron chi connectivity index (χ2n) is 4.91. The molecule has 0 bridgehead atoms. The van der Waals surface area contributed by atoms with Crippen molar-refractivity contribution in [2.75, 3.05) is 6.54 Å².